The molecular formula is C16H14ClN3OS. The molecule has 2 aromatic carbocycles. The van der Waals surface area contributed by atoms with Crippen LogP contribution in [-0.4, -0.2) is 16.5 Å². The summed E-state index contributed by atoms with van der Waals surface area (Å²) in [6.45, 7) is 1.42. The van der Waals surface area contributed by atoms with E-state index >= 15 is 0 Å². The van der Waals surface area contributed by atoms with E-state index in [1.807, 2.05) is 30.3 Å². The molecule has 0 amide bonds. The van der Waals surface area contributed by atoms with E-state index in [0.717, 1.165) is 5.69 Å². The Morgan fingerprint density at radius 1 is 1.05 bits per heavy atom. The van der Waals surface area contributed by atoms with Gasteiger partial charge in [-0.25, -0.2) is 0 Å². The van der Waals surface area contributed by atoms with Gasteiger partial charge in [0.2, 0.25) is 0 Å². The number of hydrazone groups is 1. The number of nitrogens with one attached hydrogen (secondary N) is 2. The van der Waals surface area contributed by atoms with Crippen LogP contribution in [-0.2, 0) is 4.79 Å². The molecule has 0 aromatic heterocycles. The number of para-hydroxylation sites is 1. The van der Waals surface area contributed by atoms with E-state index in [0.29, 0.717) is 10.7 Å². The van der Waals surface area contributed by atoms with E-state index < -0.39 is 0 Å². The van der Waals surface area contributed by atoms with Gasteiger partial charge in [-0.1, -0.05) is 42.0 Å². The highest BCUT2D eigenvalue weighted by atomic mass is 35.5. The Morgan fingerprint density at radius 2 is 1.68 bits per heavy atom. The minimum absolute atomic E-state index is 0.161. The van der Waals surface area contributed by atoms with Gasteiger partial charge in [-0.2, -0.15) is 5.10 Å². The normalized spacial score (nSPS) is 10.9. The zero-order chi connectivity index (χ0) is 15.9. The number of rotatable bonds is 5. The quantitative estimate of drug-likeness (QED) is 0.491. The first kappa shape index (κ1) is 16.1. The van der Waals surface area contributed by atoms with Gasteiger partial charge < -0.3 is 5.32 Å². The smallest absolute Gasteiger partial charge is 0.182 e. The standard InChI is InChI=1S/C16H14ClN3OS/c1-11(21)15(16(22)18-13-5-3-2-4-6-13)20-19-14-9-7-12(17)8-10-14/h2-10,19H,1H3,(H,18,22). The minimum atomic E-state index is -0.227. The fraction of sp³-hybridized carbons (Fsp3) is 0.0625. The maximum Gasteiger partial charge on any atom is 0.182 e. The van der Waals surface area contributed by atoms with Gasteiger partial charge in [0.1, 0.15) is 4.99 Å². The number of Topliss-reactive ketones (excluding diaryl/α,β-unsaturated/α-hetero) is 1. The molecule has 6 heteroatoms. The average molecular weight is 332 g/mol. The van der Waals surface area contributed by atoms with E-state index in [2.05, 4.69) is 15.8 Å². The van der Waals surface area contributed by atoms with E-state index in [1.165, 1.54) is 6.92 Å². The number of nitrogens with zero attached hydrogens (tertiary/aromatic N) is 1. The van der Waals surface area contributed by atoms with Crippen molar-refractivity contribution in [2.24, 2.45) is 5.10 Å². The molecule has 2 N–H and O–H groups in total. The van der Waals surface area contributed by atoms with Crippen LogP contribution in [0.25, 0.3) is 0 Å². The molecule has 0 saturated heterocycles. The van der Waals surface area contributed by atoms with E-state index in [-0.39, 0.29) is 16.5 Å². The van der Waals surface area contributed by atoms with Crippen molar-refractivity contribution in [2.75, 3.05) is 10.7 Å². The molecule has 4 nitrogen and oxygen atoms in total. The van der Waals surface area contributed by atoms with Crippen LogP contribution in [0.15, 0.2) is 59.7 Å². The molecule has 0 spiro atoms. The first-order valence-corrected chi connectivity index (χ1v) is 7.31. The summed E-state index contributed by atoms with van der Waals surface area (Å²) in [6.07, 6.45) is 0. The van der Waals surface area contributed by atoms with Crippen LogP contribution in [0.2, 0.25) is 5.02 Å². The average Bonchev–Trinajstić information content (AvgIpc) is 2.50. The van der Waals surface area contributed by atoms with Crippen LogP contribution in [0.1, 0.15) is 6.92 Å². The van der Waals surface area contributed by atoms with Crippen molar-refractivity contribution < 1.29 is 4.79 Å². The molecule has 0 saturated carbocycles. The lowest BCUT2D eigenvalue weighted by Gasteiger charge is -2.09. The number of thiocarbonyl (C=S) groups is 1. The third kappa shape index (κ3) is 4.65. The predicted molar refractivity (Wildman–Crippen MR) is 95.9 cm³/mol. The lowest BCUT2D eigenvalue weighted by atomic mass is 10.2. The van der Waals surface area contributed by atoms with Crippen LogP contribution < -0.4 is 10.7 Å². The predicted octanol–water partition coefficient (Wildman–Crippen LogP) is 4.14. The lowest BCUT2D eigenvalue weighted by Crippen LogP contribution is -2.27. The van der Waals surface area contributed by atoms with Crippen molar-refractivity contribution in [3.8, 4) is 0 Å². The van der Waals surface area contributed by atoms with Crippen molar-refractivity contribution in [1.29, 1.82) is 0 Å². The number of anilines is 2. The second-order valence-corrected chi connectivity index (χ2v) is 5.30. The SMILES string of the molecule is CC(=O)C(=NNc1ccc(Cl)cc1)C(=S)Nc1ccccc1. The molecule has 0 aliphatic rings. The second kappa shape index (κ2) is 7.68. The molecular weight excluding hydrogens is 318 g/mol. The van der Waals surface area contributed by atoms with Gasteiger partial charge in [0.25, 0.3) is 0 Å². The van der Waals surface area contributed by atoms with Crippen molar-refractivity contribution in [1.82, 2.24) is 0 Å². The Morgan fingerprint density at radius 3 is 2.27 bits per heavy atom. The van der Waals surface area contributed by atoms with Crippen molar-refractivity contribution in [3.05, 3.63) is 59.6 Å². The fourth-order valence-corrected chi connectivity index (χ4v) is 2.08. The van der Waals surface area contributed by atoms with Gasteiger partial charge in [-0.05, 0) is 36.4 Å². The monoisotopic (exact) mass is 331 g/mol. The maximum atomic E-state index is 11.7. The van der Waals surface area contributed by atoms with Gasteiger partial charge in [0, 0.05) is 17.6 Å². The molecule has 0 bridgehead atoms. The summed E-state index contributed by atoms with van der Waals surface area (Å²) in [5.74, 6) is -0.227. The molecule has 0 heterocycles. The highest BCUT2D eigenvalue weighted by molar-refractivity contribution is 7.82. The minimum Gasteiger partial charge on any atom is -0.345 e. The summed E-state index contributed by atoms with van der Waals surface area (Å²) < 4.78 is 0. The van der Waals surface area contributed by atoms with E-state index in [4.69, 9.17) is 23.8 Å². The van der Waals surface area contributed by atoms with Crippen molar-refractivity contribution >= 4 is 51.7 Å². The molecule has 2 aromatic rings. The largest absolute Gasteiger partial charge is 0.345 e. The van der Waals surface area contributed by atoms with Crippen molar-refractivity contribution in [3.63, 3.8) is 0 Å². The highest BCUT2D eigenvalue weighted by Crippen LogP contribution is 2.13. The lowest BCUT2D eigenvalue weighted by molar-refractivity contribution is -0.110. The summed E-state index contributed by atoms with van der Waals surface area (Å²) in [7, 11) is 0. The van der Waals surface area contributed by atoms with Crippen LogP contribution in [0.4, 0.5) is 11.4 Å². The first-order valence-electron chi connectivity index (χ1n) is 6.53. The number of ketones is 1. The molecule has 2 rings (SSSR count). The Kier molecular flexibility index (Phi) is 5.63. The van der Waals surface area contributed by atoms with Gasteiger partial charge in [-0.15, -0.1) is 0 Å². The Balaban J connectivity index is 2.11. The van der Waals surface area contributed by atoms with E-state index in [1.54, 1.807) is 24.3 Å². The highest BCUT2D eigenvalue weighted by Gasteiger charge is 2.13. The summed E-state index contributed by atoms with van der Waals surface area (Å²) >= 11 is 11.1. The van der Waals surface area contributed by atoms with Crippen LogP contribution in [0.3, 0.4) is 0 Å². The summed E-state index contributed by atoms with van der Waals surface area (Å²) in [5, 5.41) is 7.70. The molecule has 0 radical (unpaired) electrons. The Labute approximate surface area is 139 Å². The van der Waals surface area contributed by atoms with Crippen molar-refractivity contribution in [2.45, 2.75) is 6.92 Å². The van der Waals surface area contributed by atoms with Crippen LogP contribution in [0, 0.1) is 0 Å². The third-order valence-corrected chi connectivity index (χ3v) is 3.27. The second-order valence-electron chi connectivity index (χ2n) is 4.46. The molecule has 0 fully saturated rings. The number of carbonyl (C=O) groups excluding carboxylic acids is 1. The first-order chi connectivity index (χ1) is 10.6. The van der Waals surface area contributed by atoms with Gasteiger partial charge in [-0.3, -0.25) is 10.2 Å². The van der Waals surface area contributed by atoms with Crippen LogP contribution >= 0.6 is 23.8 Å². The van der Waals surface area contributed by atoms with Gasteiger partial charge in [0.15, 0.2) is 11.5 Å². The Bertz CT molecular complexity index is 699. The number of carbonyl (C=O) groups is 1. The third-order valence-electron chi connectivity index (χ3n) is 2.72. The van der Waals surface area contributed by atoms with E-state index in [9.17, 15) is 4.79 Å². The molecule has 22 heavy (non-hydrogen) atoms. The Hall–Kier alpha value is -2.24. The van der Waals surface area contributed by atoms with Gasteiger partial charge in [0.05, 0.1) is 5.69 Å². The summed E-state index contributed by atoms with van der Waals surface area (Å²) in [4.78, 5) is 12.0. The molecule has 0 aliphatic heterocycles. The molecule has 0 unspecified atom stereocenters. The molecule has 0 atom stereocenters. The summed E-state index contributed by atoms with van der Waals surface area (Å²) in [5.41, 5.74) is 4.47. The molecule has 112 valence electrons. The zero-order valence-electron chi connectivity index (χ0n) is 11.8. The zero-order valence-corrected chi connectivity index (χ0v) is 13.4. The number of halogens is 1. The number of hydrogen-bond acceptors (Lipinski definition) is 4. The number of hydrogen-bond donors (Lipinski definition) is 2. The topological polar surface area (TPSA) is 53.5 Å². The van der Waals surface area contributed by atoms with Gasteiger partial charge >= 0.3 is 0 Å². The molecule has 0 aliphatic carbocycles. The van der Waals surface area contributed by atoms with Crippen LogP contribution in [0.5, 0.6) is 0 Å². The fourth-order valence-electron chi connectivity index (χ4n) is 1.65. The summed E-state index contributed by atoms with van der Waals surface area (Å²) in [6, 6.07) is 16.3. The maximum absolute atomic E-state index is 11.7. The number of benzene rings is 2.